The quantitative estimate of drug-likeness (QED) is 0.316. The van der Waals surface area contributed by atoms with E-state index in [1.165, 1.54) is 12.0 Å². The van der Waals surface area contributed by atoms with Crippen LogP contribution in [0.5, 0.6) is 0 Å². The predicted octanol–water partition coefficient (Wildman–Crippen LogP) is 1.66. The van der Waals surface area contributed by atoms with Crippen LogP contribution >= 0.6 is 0 Å². The van der Waals surface area contributed by atoms with Crippen LogP contribution in [0.1, 0.15) is 41.5 Å². The third-order valence-electron chi connectivity index (χ3n) is 5.74. The number of fused-ring (bicyclic) bond motifs is 1. The number of hydrogen-bond acceptors (Lipinski definition) is 5. The maximum absolute atomic E-state index is 13.2. The molecule has 0 spiro atoms. The van der Waals surface area contributed by atoms with E-state index in [4.69, 9.17) is 9.16 Å². The molecule has 0 bridgehead atoms. The van der Waals surface area contributed by atoms with Crippen molar-refractivity contribution in [3.05, 3.63) is 0 Å². The van der Waals surface area contributed by atoms with Gasteiger partial charge in [-0.25, -0.2) is 4.79 Å². The van der Waals surface area contributed by atoms with Crippen molar-refractivity contribution >= 4 is 32.1 Å². The number of nitrogens with zero attached hydrogens (tertiary/aromatic N) is 1. The fourth-order valence-electron chi connectivity index (χ4n) is 3.97. The van der Waals surface area contributed by atoms with Crippen molar-refractivity contribution in [1.82, 2.24) is 4.90 Å². The molecule has 0 saturated carbocycles. The Kier molecular flexibility index (Phi) is 5.18. The number of hydrogen-bond donors (Lipinski definition) is 0. The van der Waals surface area contributed by atoms with E-state index >= 15 is 0 Å². The molecule has 2 unspecified atom stereocenters. The highest BCUT2D eigenvalue weighted by atomic mass is 32.2. The standard InChI is InChI=1S/C17H31NO5SSi/c1-15(2,3)17(6,23-25(8)9)10-12(19)18-11(14(20)22-7)16(4,5)24(21)13(10)18/h10-11,13,25H,1-9H3/t10-,11-,13+,17?,24?/m0/s1. The van der Waals surface area contributed by atoms with Crippen LogP contribution in [0.15, 0.2) is 0 Å². The zero-order chi connectivity index (χ0) is 19.5. The van der Waals surface area contributed by atoms with Crippen LogP contribution in [0, 0.1) is 11.3 Å². The highest BCUT2D eigenvalue weighted by Gasteiger charge is 2.76. The number of rotatable bonds is 4. The molecule has 2 fully saturated rings. The number of amides is 1. The van der Waals surface area contributed by atoms with Crippen LogP contribution in [0.4, 0.5) is 0 Å². The molecule has 2 rings (SSSR count). The van der Waals surface area contributed by atoms with Gasteiger partial charge in [0, 0.05) is 0 Å². The number of ether oxygens (including phenoxy) is 1. The minimum Gasteiger partial charge on any atom is -0.614 e. The Bertz CT molecular complexity index is 576. The number of esters is 1. The lowest BCUT2D eigenvalue weighted by molar-refractivity contribution is -0.184. The van der Waals surface area contributed by atoms with E-state index in [0.29, 0.717) is 0 Å². The molecule has 5 atom stereocenters. The fourth-order valence-corrected chi connectivity index (χ4v) is 7.55. The maximum Gasteiger partial charge on any atom is 0.334 e. The van der Waals surface area contributed by atoms with Gasteiger partial charge in [0.1, 0.15) is 5.92 Å². The monoisotopic (exact) mass is 389 g/mol. The van der Waals surface area contributed by atoms with Gasteiger partial charge in [-0.1, -0.05) is 20.8 Å². The van der Waals surface area contributed by atoms with E-state index in [-0.39, 0.29) is 11.3 Å². The Hall–Kier alpha value is -0.573. The average molecular weight is 390 g/mol. The van der Waals surface area contributed by atoms with Crippen LogP contribution in [-0.2, 0) is 29.9 Å². The number of carbonyl (C=O) groups excluding carboxylic acids is 2. The Morgan fingerprint density at radius 3 is 2.20 bits per heavy atom. The smallest absolute Gasteiger partial charge is 0.334 e. The molecule has 6 nitrogen and oxygen atoms in total. The van der Waals surface area contributed by atoms with Gasteiger partial charge < -0.3 is 13.7 Å². The Morgan fingerprint density at radius 1 is 1.28 bits per heavy atom. The van der Waals surface area contributed by atoms with Crippen molar-refractivity contribution in [2.24, 2.45) is 11.3 Å². The van der Waals surface area contributed by atoms with Gasteiger partial charge in [-0.05, 0) is 50.5 Å². The van der Waals surface area contributed by atoms with Crippen molar-refractivity contribution in [2.75, 3.05) is 7.11 Å². The van der Waals surface area contributed by atoms with Crippen LogP contribution in [0.3, 0.4) is 0 Å². The van der Waals surface area contributed by atoms with E-state index in [1.807, 2.05) is 27.7 Å². The van der Waals surface area contributed by atoms with Crippen molar-refractivity contribution < 1.29 is 23.3 Å². The van der Waals surface area contributed by atoms with Crippen molar-refractivity contribution in [3.8, 4) is 0 Å². The molecule has 0 aromatic carbocycles. The lowest BCUT2D eigenvalue weighted by Crippen LogP contribution is -2.72. The summed E-state index contributed by atoms with van der Waals surface area (Å²) in [5.41, 5.74) is -1.04. The van der Waals surface area contributed by atoms with Gasteiger partial charge in [0.25, 0.3) is 0 Å². The third kappa shape index (κ3) is 2.85. The molecule has 0 radical (unpaired) electrons. The molecule has 2 saturated heterocycles. The summed E-state index contributed by atoms with van der Waals surface area (Å²) in [4.78, 5) is 26.8. The summed E-state index contributed by atoms with van der Waals surface area (Å²) in [6.45, 7) is 15.7. The highest BCUT2D eigenvalue weighted by Crippen LogP contribution is 2.56. The summed E-state index contributed by atoms with van der Waals surface area (Å²) in [5, 5.41) is -0.511. The molecular formula is C17H31NO5SSi. The van der Waals surface area contributed by atoms with Gasteiger partial charge >= 0.3 is 5.97 Å². The SMILES string of the molecule is COC(=O)[C@@H]1N2C(=O)[C@H](C(C)(O[SiH](C)C)C(C)(C)C)[C@H]2[S+]([O-])C1(C)C. The zero-order valence-corrected chi connectivity index (χ0v) is 18.7. The second-order valence-electron chi connectivity index (χ2n) is 8.96. The third-order valence-corrected chi connectivity index (χ3v) is 8.90. The van der Waals surface area contributed by atoms with Gasteiger partial charge in [-0.2, -0.15) is 0 Å². The summed E-state index contributed by atoms with van der Waals surface area (Å²) in [6.07, 6.45) is 0. The average Bonchev–Trinajstić information content (AvgIpc) is 2.62. The van der Waals surface area contributed by atoms with E-state index < -0.39 is 53.9 Å². The molecule has 25 heavy (non-hydrogen) atoms. The molecule has 2 aliphatic rings. The first-order chi connectivity index (χ1) is 11.2. The summed E-state index contributed by atoms with van der Waals surface area (Å²) in [5.74, 6) is -1.19. The largest absolute Gasteiger partial charge is 0.614 e. The van der Waals surface area contributed by atoms with Gasteiger partial charge in [0.15, 0.2) is 19.8 Å². The fraction of sp³-hybridized carbons (Fsp3) is 0.882. The first-order valence-corrected chi connectivity index (χ1v) is 12.7. The molecule has 0 aliphatic carbocycles. The molecule has 0 N–H and O–H groups in total. The Morgan fingerprint density at radius 2 is 1.80 bits per heavy atom. The van der Waals surface area contributed by atoms with Crippen LogP contribution in [0.25, 0.3) is 0 Å². The van der Waals surface area contributed by atoms with Gasteiger partial charge in [-0.3, -0.25) is 9.69 Å². The summed E-state index contributed by atoms with van der Waals surface area (Å²) < 4.78 is 23.6. The molecule has 2 heterocycles. The molecule has 0 aromatic rings. The van der Waals surface area contributed by atoms with Crippen LogP contribution in [0.2, 0.25) is 13.1 Å². The Labute approximate surface area is 155 Å². The summed E-state index contributed by atoms with van der Waals surface area (Å²) >= 11 is -1.38. The molecule has 1 amide bonds. The minimum atomic E-state index is -1.45. The normalized spacial score (nSPS) is 33.7. The Balaban J connectivity index is 2.48. The zero-order valence-electron chi connectivity index (χ0n) is 16.7. The topological polar surface area (TPSA) is 78.9 Å². The van der Waals surface area contributed by atoms with Gasteiger partial charge in [0.2, 0.25) is 11.3 Å². The molecule has 2 aliphatic heterocycles. The number of carbonyl (C=O) groups is 2. The van der Waals surface area contributed by atoms with E-state index in [1.54, 1.807) is 13.8 Å². The van der Waals surface area contributed by atoms with Crippen molar-refractivity contribution in [2.45, 2.75) is 76.4 Å². The second kappa shape index (κ2) is 6.25. The van der Waals surface area contributed by atoms with Crippen LogP contribution in [-0.4, -0.2) is 59.2 Å². The van der Waals surface area contributed by atoms with E-state index in [2.05, 4.69) is 13.1 Å². The molecular weight excluding hydrogens is 358 g/mol. The van der Waals surface area contributed by atoms with Gasteiger partial charge in [0.05, 0.1) is 12.7 Å². The minimum absolute atomic E-state index is 0.161. The summed E-state index contributed by atoms with van der Waals surface area (Å²) in [6, 6.07) is -0.812. The van der Waals surface area contributed by atoms with E-state index in [0.717, 1.165) is 0 Å². The molecule has 144 valence electrons. The predicted molar refractivity (Wildman–Crippen MR) is 100.0 cm³/mol. The van der Waals surface area contributed by atoms with Crippen molar-refractivity contribution in [1.29, 1.82) is 0 Å². The number of methoxy groups -OCH3 is 1. The molecule has 8 heteroatoms. The van der Waals surface area contributed by atoms with Crippen LogP contribution < -0.4 is 0 Å². The maximum atomic E-state index is 13.2. The van der Waals surface area contributed by atoms with E-state index in [9.17, 15) is 14.1 Å². The lowest BCUT2D eigenvalue weighted by atomic mass is 9.66. The number of β-lactam (4-membered cyclic amide) rings is 1. The first kappa shape index (κ1) is 20.7. The summed E-state index contributed by atoms with van der Waals surface area (Å²) in [7, 11) is -0.158. The van der Waals surface area contributed by atoms with Crippen molar-refractivity contribution in [3.63, 3.8) is 0 Å². The molecule has 0 aromatic heterocycles. The first-order valence-electron chi connectivity index (χ1n) is 8.70. The van der Waals surface area contributed by atoms with Gasteiger partial charge in [-0.15, -0.1) is 0 Å². The highest BCUT2D eigenvalue weighted by molar-refractivity contribution is 7.93. The second-order valence-corrected chi connectivity index (χ2v) is 13.4. The lowest BCUT2D eigenvalue weighted by Gasteiger charge is -2.55.